The normalized spacial score (nSPS) is 12.4. The molecule has 0 spiro atoms. The van der Waals surface area contributed by atoms with Gasteiger partial charge in [0.1, 0.15) is 0 Å². The van der Waals surface area contributed by atoms with Crippen molar-refractivity contribution in [1.29, 1.82) is 0 Å². The van der Waals surface area contributed by atoms with E-state index in [4.69, 9.17) is 14.5 Å². The van der Waals surface area contributed by atoms with Gasteiger partial charge in [0.15, 0.2) is 17.5 Å². The molecule has 2 N–H and O–H groups in total. The Labute approximate surface area is 193 Å². The van der Waals surface area contributed by atoms with Gasteiger partial charge in [-0.25, -0.2) is 9.98 Å². The van der Waals surface area contributed by atoms with Gasteiger partial charge in [0.05, 0.1) is 12.9 Å². The highest BCUT2D eigenvalue weighted by Crippen LogP contribution is 2.32. The van der Waals surface area contributed by atoms with Crippen LogP contribution in [0.3, 0.4) is 0 Å². The maximum absolute atomic E-state index is 5.45. The number of fused-ring (bicyclic) bond motifs is 1. The summed E-state index contributed by atoms with van der Waals surface area (Å²) in [5.74, 6) is 2.37. The summed E-state index contributed by atoms with van der Waals surface area (Å²) >= 11 is 0. The van der Waals surface area contributed by atoms with E-state index in [0.717, 1.165) is 36.1 Å². The molecular weight excluding hydrogens is 493 g/mol. The number of nitrogens with zero attached hydrogens (tertiary/aromatic N) is 3. The summed E-state index contributed by atoms with van der Waals surface area (Å²) in [5, 5.41) is 6.68. The molecule has 0 saturated heterocycles. The number of benzene rings is 2. The van der Waals surface area contributed by atoms with Crippen molar-refractivity contribution in [3.63, 3.8) is 0 Å². The molecule has 1 aromatic heterocycles. The van der Waals surface area contributed by atoms with Crippen LogP contribution in [-0.2, 0) is 19.6 Å². The highest BCUT2D eigenvalue weighted by Gasteiger charge is 2.13. The molecule has 30 heavy (non-hydrogen) atoms. The van der Waals surface area contributed by atoms with E-state index in [2.05, 4.69) is 51.4 Å². The Morgan fingerprint density at radius 3 is 2.77 bits per heavy atom. The minimum atomic E-state index is 0. The third-order valence-corrected chi connectivity index (χ3v) is 4.58. The summed E-state index contributed by atoms with van der Waals surface area (Å²) in [7, 11) is 0. The summed E-state index contributed by atoms with van der Waals surface area (Å²) in [4.78, 5) is 8.82. The van der Waals surface area contributed by atoms with Crippen molar-refractivity contribution < 1.29 is 9.47 Å². The average Bonchev–Trinajstić information content (AvgIpc) is 3.42. The molecule has 0 aliphatic carbocycles. The van der Waals surface area contributed by atoms with Gasteiger partial charge in [-0.2, -0.15) is 0 Å². The standard InChI is InChI=1S/C22H25N5O2.HI/c1-2-24-22(26-13-18-6-7-20-21(11-18)29-16-28-20)25-12-17-4-3-5-19(10-17)14-27-9-8-23-15-27;/h3-11,15H,2,12-14,16H2,1H3,(H2,24,25,26);1H. The van der Waals surface area contributed by atoms with Crippen LogP contribution in [-0.4, -0.2) is 28.8 Å². The van der Waals surface area contributed by atoms with Crippen LogP contribution >= 0.6 is 24.0 Å². The van der Waals surface area contributed by atoms with Crippen molar-refractivity contribution in [2.75, 3.05) is 13.3 Å². The number of rotatable bonds is 7. The summed E-state index contributed by atoms with van der Waals surface area (Å²) in [6.07, 6.45) is 5.59. The van der Waals surface area contributed by atoms with Crippen LogP contribution in [0.1, 0.15) is 23.6 Å². The highest BCUT2D eigenvalue weighted by molar-refractivity contribution is 14.0. The molecule has 3 aromatic rings. The molecule has 158 valence electrons. The Kier molecular flexibility index (Phi) is 7.95. The third kappa shape index (κ3) is 5.88. The molecule has 0 amide bonds. The van der Waals surface area contributed by atoms with Crippen LogP contribution in [0.5, 0.6) is 11.5 Å². The number of halogens is 1. The van der Waals surface area contributed by atoms with Crippen molar-refractivity contribution in [3.05, 3.63) is 77.9 Å². The van der Waals surface area contributed by atoms with E-state index < -0.39 is 0 Å². The first-order chi connectivity index (χ1) is 14.3. The number of aromatic nitrogens is 2. The molecule has 0 bridgehead atoms. The van der Waals surface area contributed by atoms with Gasteiger partial charge >= 0.3 is 0 Å². The minimum absolute atomic E-state index is 0. The first kappa shape index (κ1) is 21.9. The lowest BCUT2D eigenvalue weighted by atomic mass is 10.1. The van der Waals surface area contributed by atoms with E-state index in [1.807, 2.05) is 30.7 Å². The fourth-order valence-corrected chi connectivity index (χ4v) is 3.17. The van der Waals surface area contributed by atoms with Crippen molar-refractivity contribution in [2.45, 2.75) is 26.6 Å². The molecule has 2 heterocycles. The van der Waals surface area contributed by atoms with E-state index in [-0.39, 0.29) is 30.8 Å². The fourth-order valence-electron chi connectivity index (χ4n) is 3.17. The molecule has 0 radical (unpaired) electrons. The molecule has 2 aromatic carbocycles. The van der Waals surface area contributed by atoms with E-state index in [9.17, 15) is 0 Å². The molecule has 0 atom stereocenters. The first-order valence-electron chi connectivity index (χ1n) is 9.74. The lowest BCUT2D eigenvalue weighted by molar-refractivity contribution is 0.174. The predicted octanol–water partition coefficient (Wildman–Crippen LogP) is 3.53. The topological polar surface area (TPSA) is 72.7 Å². The van der Waals surface area contributed by atoms with Gasteiger partial charge < -0.3 is 24.7 Å². The third-order valence-electron chi connectivity index (χ3n) is 4.58. The van der Waals surface area contributed by atoms with Gasteiger partial charge in [-0.15, -0.1) is 24.0 Å². The quantitative estimate of drug-likeness (QED) is 0.284. The molecule has 0 fully saturated rings. The Balaban J connectivity index is 0.00000256. The largest absolute Gasteiger partial charge is 0.454 e. The number of hydrogen-bond donors (Lipinski definition) is 2. The van der Waals surface area contributed by atoms with Gasteiger partial charge in [0.25, 0.3) is 0 Å². The molecule has 8 heteroatoms. The van der Waals surface area contributed by atoms with Crippen molar-refractivity contribution >= 4 is 29.9 Å². The zero-order valence-corrected chi connectivity index (χ0v) is 19.2. The number of imidazole rings is 1. The summed E-state index contributed by atoms with van der Waals surface area (Å²) in [6.45, 7) is 5.21. The second kappa shape index (κ2) is 10.9. The van der Waals surface area contributed by atoms with Gasteiger partial charge in [-0.3, -0.25) is 0 Å². The van der Waals surface area contributed by atoms with E-state index >= 15 is 0 Å². The average molecular weight is 519 g/mol. The highest BCUT2D eigenvalue weighted by atomic mass is 127. The molecule has 1 aliphatic rings. The van der Waals surface area contributed by atoms with Gasteiger partial charge in [0.2, 0.25) is 6.79 Å². The molecular formula is C22H26IN5O2. The zero-order chi connectivity index (χ0) is 19.9. The molecule has 0 saturated carbocycles. The molecule has 1 aliphatic heterocycles. The summed E-state index contributed by atoms with van der Waals surface area (Å²) < 4.78 is 12.9. The monoisotopic (exact) mass is 519 g/mol. The van der Waals surface area contributed by atoms with Crippen molar-refractivity contribution in [3.8, 4) is 11.5 Å². The van der Waals surface area contributed by atoms with Crippen LogP contribution < -0.4 is 20.1 Å². The van der Waals surface area contributed by atoms with Gasteiger partial charge in [0, 0.05) is 32.0 Å². The maximum Gasteiger partial charge on any atom is 0.231 e. The SMILES string of the molecule is CCNC(=NCc1cccc(Cn2ccnc2)c1)NCc1ccc2c(c1)OCO2.I. The van der Waals surface area contributed by atoms with E-state index in [1.54, 1.807) is 6.20 Å². The van der Waals surface area contributed by atoms with Crippen LogP contribution in [0, 0.1) is 0 Å². The Bertz CT molecular complexity index is 975. The summed E-state index contributed by atoms with van der Waals surface area (Å²) in [5.41, 5.74) is 3.51. The molecule has 7 nitrogen and oxygen atoms in total. The minimum Gasteiger partial charge on any atom is -0.454 e. The fraction of sp³-hybridized carbons (Fsp3) is 0.273. The number of nitrogens with one attached hydrogen (secondary N) is 2. The zero-order valence-electron chi connectivity index (χ0n) is 16.9. The Morgan fingerprint density at radius 2 is 1.93 bits per heavy atom. The number of ether oxygens (including phenoxy) is 2. The van der Waals surface area contributed by atoms with Crippen LogP contribution in [0.25, 0.3) is 0 Å². The van der Waals surface area contributed by atoms with Crippen LogP contribution in [0.15, 0.2) is 66.2 Å². The number of guanidine groups is 1. The molecule has 4 rings (SSSR count). The lowest BCUT2D eigenvalue weighted by Gasteiger charge is -2.12. The Hall–Kier alpha value is -2.75. The first-order valence-corrected chi connectivity index (χ1v) is 9.74. The summed E-state index contributed by atoms with van der Waals surface area (Å²) in [6, 6.07) is 14.4. The van der Waals surface area contributed by atoms with Crippen LogP contribution in [0.2, 0.25) is 0 Å². The van der Waals surface area contributed by atoms with Crippen molar-refractivity contribution in [1.82, 2.24) is 20.2 Å². The maximum atomic E-state index is 5.45. The number of aliphatic imine (C=N–C) groups is 1. The van der Waals surface area contributed by atoms with Gasteiger partial charge in [-0.1, -0.05) is 30.3 Å². The van der Waals surface area contributed by atoms with Crippen molar-refractivity contribution in [2.24, 2.45) is 4.99 Å². The number of hydrogen-bond acceptors (Lipinski definition) is 4. The second-order valence-electron chi connectivity index (χ2n) is 6.79. The van der Waals surface area contributed by atoms with Crippen LogP contribution in [0.4, 0.5) is 0 Å². The van der Waals surface area contributed by atoms with E-state index in [0.29, 0.717) is 13.1 Å². The van der Waals surface area contributed by atoms with Gasteiger partial charge in [-0.05, 0) is 35.7 Å². The lowest BCUT2D eigenvalue weighted by Crippen LogP contribution is -2.36. The van der Waals surface area contributed by atoms with E-state index in [1.165, 1.54) is 11.1 Å². The predicted molar refractivity (Wildman–Crippen MR) is 127 cm³/mol. The Morgan fingerprint density at radius 1 is 1.07 bits per heavy atom. The second-order valence-corrected chi connectivity index (χ2v) is 6.79. The smallest absolute Gasteiger partial charge is 0.231 e. The molecule has 0 unspecified atom stereocenters.